The van der Waals surface area contributed by atoms with E-state index in [9.17, 15) is 8.42 Å². The van der Waals surface area contributed by atoms with Crippen LogP contribution >= 0.6 is 0 Å². The SMILES string of the molecule is CCC(CN)N1CCN(c2ccc(S(N)(=O)=O)cc2)CC1. The third-order valence-corrected chi connectivity index (χ3v) is 5.03. The molecule has 1 heterocycles. The Kier molecular flexibility index (Phi) is 5.21. The maximum absolute atomic E-state index is 11.3. The molecule has 21 heavy (non-hydrogen) atoms. The number of piperazine rings is 1. The summed E-state index contributed by atoms with van der Waals surface area (Å²) >= 11 is 0. The molecule has 0 saturated carbocycles. The zero-order valence-corrected chi connectivity index (χ0v) is 13.2. The predicted octanol–water partition coefficient (Wildman–Crippen LogP) is 0.193. The average Bonchev–Trinajstić information content (AvgIpc) is 2.48. The van der Waals surface area contributed by atoms with Crippen LogP contribution in [0.25, 0.3) is 0 Å². The molecule has 1 unspecified atom stereocenters. The van der Waals surface area contributed by atoms with Gasteiger partial charge in [0.15, 0.2) is 0 Å². The molecule has 1 fully saturated rings. The summed E-state index contributed by atoms with van der Waals surface area (Å²) in [6.07, 6.45) is 1.07. The second-order valence-electron chi connectivity index (χ2n) is 5.36. The van der Waals surface area contributed by atoms with Gasteiger partial charge in [-0.2, -0.15) is 0 Å². The Morgan fingerprint density at radius 2 is 1.71 bits per heavy atom. The minimum Gasteiger partial charge on any atom is -0.369 e. The van der Waals surface area contributed by atoms with Crippen LogP contribution in [0.4, 0.5) is 5.69 Å². The molecule has 0 radical (unpaired) electrons. The Labute approximate surface area is 126 Å². The molecule has 1 aromatic rings. The molecule has 1 aliphatic heterocycles. The van der Waals surface area contributed by atoms with Gasteiger partial charge in [-0.15, -0.1) is 0 Å². The van der Waals surface area contributed by atoms with Crippen molar-refractivity contribution in [3.63, 3.8) is 0 Å². The Hall–Kier alpha value is -1.15. The van der Waals surface area contributed by atoms with Crippen LogP contribution in [0.5, 0.6) is 0 Å². The predicted molar refractivity (Wildman–Crippen MR) is 84.7 cm³/mol. The monoisotopic (exact) mass is 312 g/mol. The van der Waals surface area contributed by atoms with Crippen molar-refractivity contribution < 1.29 is 8.42 Å². The van der Waals surface area contributed by atoms with Crippen molar-refractivity contribution in [2.45, 2.75) is 24.3 Å². The van der Waals surface area contributed by atoms with E-state index in [1.54, 1.807) is 12.1 Å². The van der Waals surface area contributed by atoms with Gasteiger partial charge < -0.3 is 10.6 Å². The second-order valence-corrected chi connectivity index (χ2v) is 6.92. The Morgan fingerprint density at radius 1 is 1.14 bits per heavy atom. The summed E-state index contributed by atoms with van der Waals surface area (Å²) in [5, 5.41) is 5.11. The van der Waals surface area contributed by atoms with Gasteiger partial charge in [0, 0.05) is 44.5 Å². The first-order chi connectivity index (χ1) is 9.95. The third-order valence-electron chi connectivity index (χ3n) is 4.10. The van der Waals surface area contributed by atoms with Gasteiger partial charge in [0.1, 0.15) is 0 Å². The molecule has 1 aliphatic rings. The minimum absolute atomic E-state index is 0.152. The molecule has 0 bridgehead atoms. The lowest BCUT2D eigenvalue weighted by Gasteiger charge is -2.39. The molecule has 6 nitrogen and oxygen atoms in total. The zero-order valence-electron chi connectivity index (χ0n) is 12.4. The van der Waals surface area contributed by atoms with E-state index in [0.29, 0.717) is 12.6 Å². The molecule has 0 aromatic heterocycles. The van der Waals surface area contributed by atoms with Crippen LogP contribution in [0.2, 0.25) is 0 Å². The summed E-state index contributed by atoms with van der Waals surface area (Å²) in [5.41, 5.74) is 6.82. The Morgan fingerprint density at radius 3 is 2.14 bits per heavy atom. The number of hydrogen-bond acceptors (Lipinski definition) is 5. The minimum atomic E-state index is -3.62. The van der Waals surface area contributed by atoms with Gasteiger partial charge in [0.05, 0.1) is 4.90 Å². The lowest BCUT2D eigenvalue weighted by Crippen LogP contribution is -2.52. The number of rotatable bonds is 5. The van der Waals surface area contributed by atoms with E-state index < -0.39 is 10.0 Å². The van der Waals surface area contributed by atoms with E-state index in [0.717, 1.165) is 38.3 Å². The maximum Gasteiger partial charge on any atom is 0.238 e. The highest BCUT2D eigenvalue weighted by Crippen LogP contribution is 2.19. The highest BCUT2D eigenvalue weighted by molar-refractivity contribution is 7.89. The second kappa shape index (κ2) is 6.74. The van der Waals surface area contributed by atoms with Crippen LogP contribution in [0.15, 0.2) is 29.2 Å². The van der Waals surface area contributed by atoms with E-state index in [4.69, 9.17) is 10.9 Å². The fourth-order valence-corrected chi connectivity index (χ4v) is 3.28. The van der Waals surface area contributed by atoms with Gasteiger partial charge in [0.25, 0.3) is 0 Å². The van der Waals surface area contributed by atoms with Crippen molar-refractivity contribution in [1.29, 1.82) is 0 Å². The van der Waals surface area contributed by atoms with Crippen molar-refractivity contribution in [2.24, 2.45) is 10.9 Å². The quantitative estimate of drug-likeness (QED) is 0.810. The lowest BCUT2D eigenvalue weighted by atomic mass is 10.1. The van der Waals surface area contributed by atoms with E-state index in [2.05, 4.69) is 16.7 Å². The summed E-state index contributed by atoms with van der Waals surface area (Å²) in [6.45, 7) is 6.66. The van der Waals surface area contributed by atoms with Gasteiger partial charge in [0.2, 0.25) is 10.0 Å². The van der Waals surface area contributed by atoms with Crippen molar-refractivity contribution in [2.75, 3.05) is 37.6 Å². The van der Waals surface area contributed by atoms with Crippen molar-refractivity contribution in [3.8, 4) is 0 Å². The van der Waals surface area contributed by atoms with E-state index >= 15 is 0 Å². The first-order valence-electron chi connectivity index (χ1n) is 7.27. The highest BCUT2D eigenvalue weighted by atomic mass is 32.2. The third kappa shape index (κ3) is 3.94. The van der Waals surface area contributed by atoms with E-state index in [1.807, 2.05) is 12.1 Å². The first-order valence-corrected chi connectivity index (χ1v) is 8.82. The smallest absolute Gasteiger partial charge is 0.238 e. The van der Waals surface area contributed by atoms with Crippen LogP contribution in [0, 0.1) is 0 Å². The van der Waals surface area contributed by atoms with Crippen LogP contribution in [-0.4, -0.2) is 52.1 Å². The van der Waals surface area contributed by atoms with Crippen molar-refractivity contribution in [1.82, 2.24) is 4.90 Å². The molecule has 7 heteroatoms. The van der Waals surface area contributed by atoms with Gasteiger partial charge in [-0.25, -0.2) is 13.6 Å². The van der Waals surface area contributed by atoms with Crippen LogP contribution < -0.4 is 15.8 Å². The van der Waals surface area contributed by atoms with E-state index in [-0.39, 0.29) is 4.90 Å². The summed E-state index contributed by atoms with van der Waals surface area (Å²) in [4.78, 5) is 4.83. The molecule has 2 rings (SSSR count). The molecule has 4 N–H and O–H groups in total. The number of sulfonamides is 1. The topological polar surface area (TPSA) is 92.7 Å². The molecule has 1 saturated heterocycles. The van der Waals surface area contributed by atoms with Gasteiger partial charge in [-0.05, 0) is 30.7 Å². The fraction of sp³-hybridized carbons (Fsp3) is 0.571. The van der Waals surface area contributed by atoms with E-state index in [1.165, 1.54) is 0 Å². The average molecular weight is 312 g/mol. The normalized spacial score (nSPS) is 18.7. The summed E-state index contributed by atoms with van der Waals surface area (Å²) in [5.74, 6) is 0. The van der Waals surface area contributed by atoms with Crippen LogP contribution in [-0.2, 0) is 10.0 Å². The Balaban J connectivity index is 1.99. The van der Waals surface area contributed by atoms with Gasteiger partial charge in [-0.3, -0.25) is 4.90 Å². The van der Waals surface area contributed by atoms with Crippen LogP contribution in [0.1, 0.15) is 13.3 Å². The number of benzene rings is 1. The largest absolute Gasteiger partial charge is 0.369 e. The number of nitrogens with two attached hydrogens (primary N) is 2. The number of hydrogen-bond donors (Lipinski definition) is 2. The number of anilines is 1. The van der Waals surface area contributed by atoms with Crippen molar-refractivity contribution in [3.05, 3.63) is 24.3 Å². The molecule has 0 aliphatic carbocycles. The number of primary sulfonamides is 1. The summed E-state index contributed by atoms with van der Waals surface area (Å²) in [7, 11) is -3.62. The first kappa shape index (κ1) is 16.2. The molecule has 0 amide bonds. The Bertz CT molecular complexity index is 547. The number of nitrogens with zero attached hydrogens (tertiary/aromatic N) is 2. The van der Waals surface area contributed by atoms with Crippen LogP contribution in [0.3, 0.4) is 0 Å². The molecular weight excluding hydrogens is 288 g/mol. The summed E-state index contributed by atoms with van der Waals surface area (Å²) in [6, 6.07) is 7.21. The molecule has 0 spiro atoms. The zero-order chi connectivity index (χ0) is 15.5. The molecular formula is C14H24N4O2S. The van der Waals surface area contributed by atoms with Crippen molar-refractivity contribution >= 4 is 15.7 Å². The van der Waals surface area contributed by atoms with Gasteiger partial charge >= 0.3 is 0 Å². The molecule has 118 valence electrons. The molecule has 1 atom stereocenters. The molecule has 1 aromatic carbocycles. The maximum atomic E-state index is 11.3. The fourth-order valence-electron chi connectivity index (χ4n) is 2.77. The standard InChI is InChI=1S/C14H24N4O2S/c1-2-12(11-15)17-7-9-18(10-8-17)13-3-5-14(6-4-13)21(16,19)20/h3-6,12H,2,7-11,15H2,1H3,(H2,16,19,20). The summed E-state index contributed by atoms with van der Waals surface area (Å²) < 4.78 is 22.5. The lowest BCUT2D eigenvalue weighted by molar-refractivity contribution is 0.184. The van der Waals surface area contributed by atoms with Gasteiger partial charge in [-0.1, -0.05) is 6.92 Å². The highest BCUT2D eigenvalue weighted by Gasteiger charge is 2.22.